The molecule has 0 unspecified atom stereocenters. The van der Waals surface area contributed by atoms with Crippen molar-refractivity contribution in [3.63, 3.8) is 0 Å². The Hall–Kier alpha value is -2.26. The number of rotatable bonds is 3. The number of H-pyrrole nitrogens is 1. The summed E-state index contributed by atoms with van der Waals surface area (Å²) in [6.07, 6.45) is 1.21. The van der Waals surface area contributed by atoms with E-state index in [0.29, 0.717) is 5.82 Å². The van der Waals surface area contributed by atoms with Crippen LogP contribution in [0, 0.1) is 21.8 Å². The van der Waals surface area contributed by atoms with Crippen LogP contribution in [-0.4, -0.2) is 31.1 Å². The zero-order valence-electron chi connectivity index (χ0n) is 10.1. The van der Waals surface area contributed by atoms with Crippen LogP contribution in [0.1, 0.15) is 11.4 Å². The molecule has 1 aromatic carbocycles. The first-order valence-corrected chi connectivity index (χ1v) is 6.04. The molecule has 10 heteroatoms. The van der Waals surface area contributed by atoms with E-state index in [1.54, 1.807) is 6.92 Å². The highest BCUT2D eigenvalue weighted by Gasteiger charge is 2.17. The van der Waals surface area contributed by atoms with Gasteiger partial charge in [-0.2, -0.15) is 14.9 Å². The van der Waals surface area contributed by atoms with Gasteiger partial charge in [0.25, 0.3) is 0 Å². The van der Waals surface area contributed by atoms with Gasteiger partial charge in [-0.25, -0.2) is 0 Å². The van der Waals surface area contributed by atoms with E-state index in [9.17, 15) is 15.2 Å². The number of nitrogens with zero attached hydrogens (tertiary/aromatic N) is 4. The van der Waals surface area contributed by atoms with Crippen molar-refractivity contribution in [3.05, 3.63) is 43.4 Å². The zero-order valence-corrected chi connectivity index (χ0v) is 11.6. The van der Waals surface area contributed by atoms with Crippen molar-refractivity contribution in [2.45, 2.75) is 6.92 Å². The van der Waals surface area contributed by atoms with Crippen LogP contribution in [0.4, 0.5) is 5.69 Å². The minimum atomic E-state index is -0.729. The Kier molecular flexibility index (Phi) is 3.81. The van der Waals surface area contributed by atoms with Gasteiger partial charge < -0.3 is 5.11 Å². The maximum absolute atomic E-state index is 10.8. The molecule has 1 aromatic heterocycles. The highest BCUT2D eigenvalue weighted by Crippen LogP contribution is 2.32. The molecule has 20 heavy (non-hydrogen) atoms. The molecule has 0 atom stereocenters. The van der Waals surface area contributed by atoms with Gasteiger partial charge in [0, 0.05) is 16.7 Å². The van der Waals surface area contributed by atoms with E-state index in [2.05, 4.69) is 15.3 Å². The number of hydrogen-bond acceptors (Lipinski definition) is 6. The van der Waals surface area contributed by atoms with Crippen LogP contribution in [0.25, 0.3) is 0 Å². The lowest BCUT2D eigenvalue weighted by Crippen LogP contribution is -1.96. The molecule has 0 saturated carbocycles. The Balaban J connectivity index is 2.49. The summed E-state index contributed by atoms with van der Waals surface area (Å²) in [5, 5.41) is 31.1. The van der Waals surface area contributed by atoms with Crippen LogP contribution < -0.4 is 0 Å². The number of aromatic amines is 1. The molecule has 2 N–H and O–H groups in total. The molecule has 104 valence electrons. The molecule has 0 aliphatic carbocycles. The van der Waals surface area contributed by atoms with Gasteiger partial charge in [0.1, 0.15) is 5.82 Å². The Labute approximate surface area is 122 Å². The lowest BCUT2D eigenvalue weighted by Gasteiger charge is -2.01. The minimum Gasteiger partial charge on any atom is -0.502 e. The largest absolute Gasteiger partial charge is 0.502 e. The topological polar surface area (TPSA) is 109 Å². The molecule has 0 radical (unpaired) electrons. The number of benzene rings is 1. The van der Waals surface area contributed by atoms with Crippen molar-refractivity contribution in [1.29, 1.82) is 0 Å². The average Bonchev–Trinajstić information content (AvgIpc) is 2.69. The Morgan fingerprint density at radius 3 is 2.90 bits per heavy atom. The molecule has 2 rings (SSSR count). The van der Waals surface area contributed by atoms with Gasteiger partial charge in [-0.05, 0) is 25.2 Å². The number of aromatic hydroxyl groups is 1. The first-order chi connectivity index (χ1) is 9.40. The van der Waals surface area contributed by atoms with E-state index in [4.69, 9.17) is 23.8 Å². The molecule has 0 aliphatic heterocycles. The molecule has 0 bridgehead atoms. The number of nitro benzene ring substituents is 1. The number of hydrogen-bond donors (Lipinski definition) is 2. The molecule has 0 fully saturated rings. The van der Waals surface area contributed by atoms with Crippen molar-refractivity contribution in [2.75, 3.05) is 0 Å². The first kappa shape index (κ1) is 14.2. The number of nitro groups is 1. The van der Waals surface area contributed by atoms with Gasteiger partial charge >= 0.3 is 5.69 Å². The third-order valence-electron chi connectivity index (χ3n) is 2.41. The third kappa shape index (κ3) is 2.68. The predicted octanol–water partition coefficient (Wildman–Crippen LogP) is 2.40. The van der Waals surface area contributed by atoms with Crippen molar-refractivity contribution >= 4 is 35.7 Å². The van der Waals surface area contributed by atoms with E-state index >= 15 is 0 Å². The maximum Gasteiger partial charge on any atom is 0.312 e. The van der Waals surface area contributed by atoms with E-state index in [1.165, 1.54) is 17.0 Å². The minimum absolute atomic E-state index is 0.103. The summed E-state index contributed by atoms with van der Waals surface area (Å²) in [4.78, 5) is 10.0. The normalized spacial score (nSPS) is 11.1. The fourth-order valence-corrected chi connectivity index (χ4v) is 1.92. The van der Waals surface area contributed by atoms with Crippen LogP contribution in [0.3, 0.4) is 0 Å². The van der Waals surface area contributed by atoms with E-state index in [-0.39, 0.29) is 15.4 Å². The van der Waals surface area contributed by atoms with Crippen molar-refractivity contribution < 1.29 is 10.0 Å². The summed E-state index contributed by atoms with van der Waals surface area (Å²) in [5.74, 6) is -0.0157. The molecule has 2 aromatic rings. The Morgan fingerprint density at radius 1 is 1.65 bits per heavy atom. The van der Waals surface area contributed by atoms with Crippen LogP contribution in [0.15, 0.2) is 17.2 Å². The predicted molar refractivity (Wildman–Crippen MR) is 74.9 cm³/mol. The number of nitrogens with one attached hydrogen (secondary N) is 1. The molecular formula is C10H8ClN5O3S. The number of halogens is 1. The number of aromatic nitrogens is 3. The van der Waals surface area contributed by atoms with Crippen LogP contribution in [0.5, 0.6) is 5.75 Å². The van der Waals surface area contributed by atoms with E-state index < -0.39 is 16.4 Å². The van der Waals surface area contributed by atoms with E-state index in [0.717, 1.165) is 6.07 Å². The Bertz CT molecular complexity index is 767. The highest BCUT2D eigenvalue weighted by atomic mass is 35.5. The summed E-state index contributed by atoms with van der Waals surface area (Å²) in [6.45, 7) is 1.67. The van der Waals surface area contributed by atoms with Crippen LogP contribution >= 0.6 is 23.8 Å². The van der Waals surface area contributed by atoms with Crippen LogP contribution in [-0.2, 0) is 0 Å². The van der Waals surface area contributed by atoms with Crippen molar-refractivity contribution in [1.82, 2.24) is 14.9 Å². The molecule has 0 aliphatic rings. The smallest absolute Gasteiger partial charge is 0.312 e. The van der Waals surface area contributed by atoms with E-state index in [1.807, 2.05) is 0 Å². The lowest BCUT2D eigenvalue weighted by molar-refractivity contribution is -0.385. The summed E-state index contributed by atoms with van der Waals surface area (Å²) in [7, 11) is 0. The fourth-order valence-electron chi connectivity index (χ4n) is 1.47. The van der Waals surface area contributed by atoms with Crippen molar-refractivity contribution in [3.8, 4) is 5.75 Å². The van der Waals surface area contributed by atoms with Crippen molar-refractivity contribution in [2.24, 2.45) is 5.10 Å². The number of phenols is 1. The lowest BCUT2D eigenvalue weighted by atomic mass is 10.2. The fraction of sp³-hybridized carbons (Fsp3) is 0.100. The van der Waals surface area contributed by atoms with Gasteiger partial charge in [-0.3, -0.25) is 15.2 Å². The first-order valence-electron chi connectivity index (χ1n) is 5.25. The summed E-state index contributed by atoms with van der Waals surface area (Å²) in [5.41, 5.74) is -0.391. The molecule has 0 amide bonds. The average molecular weight is 314 g/mol. The molecular weight excluding hydrogens is 306 g/mol. The highest BCUT2D eigenvalue weighted by molar-refractivity contribution is 7.71. The SMILES string of the molecule is Cc1n[nH]c(=S)n1/N=C\c1cc(Cl)cc([N+](=O)[O-])c1O. The number of aryl methyl sites for hydroxylation is 1. The second kappa shape index (κ2) is 5.39. The van der Waals surface area contributed by atoms with Gasteiger partial charge in [-0.15, -0.1) is 0 Å². The molecule has 0 saturated heterocycles. The van der Waals surface area contributed by atoms with Gasteiger partial charge in [0.05, 0.1) is 11.1 Å². The molecule has 8 nitrogen and oxygen atoms in total. The second-order valence-electron chi connectivity index (χ2n) is 3.75. The summed E-state index contributed by atoms with van der Waals surface area (Å²) in [6, 6.07) is 2.41. The monoisotopic (exact) mass is 313 g/mol. The maximum atomic E-state index is 10.8. The van der Waals surface area contributed by atoms with Gasteiger partial charge in [-0.1, -0.05) is 11.6 Å². The Morgan fingerprint density at radius 2 is 2.35 bits per heavy atom. The standard InChI is InChI=1S/C10H8ClN5O3S/c1-5-13-14-10(20)15(5)12-4-6-2-7(11)3-8(9(6)17)16(18)19/h2-4,17H,1H3,(H,14,20)/b12-4-. The van der Waals surface area contributed by atoms with Gasteiger partial charge in [0.15, 0.2) is 0 Å². The third-order valence-corrected chi connectivity index (χ3v) is 2.89. The zero-order chi connectivity index (χ0) is 14.9. The van der Waals surface area contributed by atoms with Gasteiger partial charge in [0.2, 0.25) is 10.5 Å². The summed E-state index contributed by atoms with van der Waals surface area (Å²) < 4.78 is 1.57. The molecule has 0 spiro atoms. The van der Waals surface area contributed by atoms with Crippen LogP contribution in [0.2, 0.25) is 5.02 Å². The number of phenolic OH excluding ortho intramolecular Hbond substituents is 1. The molecule has 1 heterocycles. The summed E-state index contributed by atoms with van der Waals surface area (Å²) >= 11 is 10.7. The quantitative estimate of drug-likeness (QED) is 0.391. The second-order valence-corrected chi connectivity index (χ2v) is 4.58.